The molecule has 2 heterocycles. The van der Waals surface area contributed by atoms with Gasteiger partial charge in [-0.1, -0.05) is 35.6 Å². The molecule has 1 aromatic heterocycles. The zero-order valence-electron chi connectivity index (χ0n) is 20.3. The number of allylic oxidation sites excluding steroid dienone is 2. The predicted octanol–water partition coefficient (Wildman–Crippen LogP) is 3.62. The van der Waals surface area contributed by atoms with Gasteiger partial charge in [0.25, 0.3) is 5.56 Å². The van der Waals surface area contributed by atoms with Gasteiger partial charge in [-0.3, -0.25) is 9.36 Å². The van der Waals surface area contributed by atoms with Crippen LogP contribution in [0.25, 0.3) is 12.2 Å². The predicted molar refractivity (Wildman–Crippen MR) is 139 cm³/mol. The summed E-state index contributed by atoms with van der Waals surface area (Å²) < 4.78 is 17.4. The molecular weight excluding hydrogens is 476 g/mol. The number of hydrogen-bond donors (Lipinski definition) is 0. The molecule has 0 bridgehead atoms. The van der Waals surface area contributed by atoms with Crippen LogP contribution in [0.2, 0.25) is 0 Å². The molecule has 0 radical (unpaired) electrons. The molecule has 2 aromatic carbocycles. The molecule has 0 saturated heterocycles. The van der Waals surface area contributed by atoms with Crippen molar-refractivity contribution in [3.63, 3.8) is 0 Å². The summed E-state index contributed by atoms with van der Waals surface area (Å²) in [5.74, 6) is 0.986. The normalized spacial score (nSPS) is 18.4. The minimum atomic E-state index is -0.565. The van der Waals surface area contributed by atoms with Crippen LogP contribution in [0.5, 0.6) is 11.5 Å². The van der Waals surface area contributed by atoms with Gasteiger partial charge in [-0.05, 0) is 71.9 Å². The molecule has 3 aromatic rings. The molecular formula is C28H26N2O5S. The Morgan fingerprint density at radius 3 is 2.31 bits per heavy atom. The lowest BCUT2D eigenvalue weighted by atomic mass is 9.84. The smallest absolute Gasteiger partial charge is 0.332 e. The molecule has 36 heavy (non-hydrogen) atoms. The van der Waals surface area contributed by atoms with E-state index < -0.39 is 5.97 Å². The second kappa shape index (κ2) is 9.99. The molecule has 0 saturated carbocycles. The molecule has 0 amide bonds. The quantitative estimate of drug-likeness (QED) is 0.498. The summed E-state index contributed by atoms with van der Waals surface area (Å²) in [7, 11) is 4.58. The first-order chi connectivity index (χ1) is 17.5. The molecule has 5 rings (SSSR count). The van der Waals surface area contributed by atoms with Crippen molar-refractivity contribution in [3.05, 3.63) is 96.2 Å². The highest BCUT2D eigenvalue weighted by Crippen LogP contribution is 2.41. The van der Waals surface area contributed by atoms with Gasteiger partial charge in [0, 0.05) is 6.08 Å². The van der Waals surface area contributed by atoms with Crippen LogP contribution in [0.1, 0.15) is 36.4 Å². The van der Waals surface area contributed by atoms with Gasteiger partial charge in [0.1, 0.15) is 16.0 Å². The number of thiazole rings is 1. The number of methoxy groups -OCH3 is 3. The van der Waals surface area contributed by atoms with E-state index in [0.29, 0.717) is 9.33 Å². The Bertz CT molecular complexity index is 1540. The molecule has 184 valence electrons. The Hall–Kier alpha value is -3.91. The van der Waals surface area contributed by atoms with E-state index in [0.717, 1.165) is 58.7 Å². The van der Waals surface area contributed by atoms with E-state index in [2.05, 4.69) is 6.08 Å². The second-order valence-electron chi connectivity index (χ2n) is 8.55. The number of ether oxygens (including phenoxy) is 3. The fraction of sp³-hybridized carbons (Fsp3) is 0.250. The third kappa shape index (κ3) is 4.40. The van der Waals surface area contributed by atoms with Crippen molar-refractivity contribution >= 4 is 29.5 Å². The Morgan fingerprint density at radius 2 is 1.67 bits per heavy atom. The van der Waals surface area contributed by atoms with Gasteiger partial charge < -0.3 is 14.2 Å². The number of rotatable bonds is 5. The molecule has 1 atom stereocenters. The maximum Gasteiger partial charge on any atom is 0.332 e. The minimum absolute atomic E-state index is 0.247. The van der Waals surface area contributed by atoms with Crippen LogP contribution in [-0.4, -0.2) is 31.9 Å². The SMILES string of the molecule is COC(=O)/C=c1\sc2n(c1=O)[C@@H](c1ccc(OC)cc1)C1=C(N=2)/C(=C/c2ccc(OC)cc2)CCC1. The van der Waals surface area contributed by atoms with Crippen LogP contribution in [0.3, 0.4) is 0 Å². The largest absolute Gasteiger partial charge is 0.497 e. The Morgan fingerprint density at radius 1 is 1.00 bits per heavy atom. The summed E-state index contributed by atoms with van der Waals surface area (Å²) in [6.45, 7) is 0. The van der Waals surface area contributed by atoms with Crippen LogP contribution in [0.15, 0.2) is 75.2 Å². The number of fused-ring (bicyclic) bond motifs is 1. The lowest BCUT2D eigenvalue weighted by molar-refractivity contribution is -0.133. The lowest BCUT2D eigenvalue weighted by Crippen LogP contribution is -2.39. The van der Waals surface area contributed by atoms with Gasteiger partial charge in [0.2, 0.25) is 0 Å². The summed E-state index contributed by atoms with van der Waals surface area (Å²) in [6.07, 6.45) is 6.07. The van der Waals surface area contributed by atoms with E-state index in [1.165, 1.54) is 24.5 Å². The first kappa shape index (κ1) is 23.8. The number of carbonyl (C=O) groups excluding carboxylic acids is 1. The number of nitrogens with zero attached hydrogens (tertiary/aromatic N) is 2. The van der Waals surface area contributed by atoms with Gasteiger partial charge in [-0.15, -0.1) is 0 Å². The molecule has 2 aliphatic rings. The Balaban J connectivity index is 1.71. The van der Waals surface area contributed by atoms with E-state index in [1.807, 2.05) is 48.5 Å². The van der Waals surface area contributed by atoms with Gasteiger partial charge >= 0.3 is 5.97 Å². The summed E-state index contributed by atoms with van der Waals surface area (Å²) in [5, 5.41) is 0. The average Bonchev–Trinajstić information content (AvgIpc) is 3.22. The number of esters is 1. The van der Waals surface area contributed by atoms with Crippen molar-refractivity contribution in [2.45, 2.75) is 25.3 Å². The molecule has 0 fully saturated rings. The van der Waals surface area contributed by atoms with E-state index in [4.69, 9.17) is 19.2 Å². The van der Waals surface area contributed by atoms with Crippen LogP contribution >= 0.6 is 11.3 Å². The Kier molecular flexibility index (Phi) is 6.61. The van der Waals surface area contributed by atoms with Crippen LogP contribution in [0, 0.1) is 0 Å². The number of hydrogen-bond acceptors (Lipinski definition) is 7. The van der Waals surface area contributed by atoms with Crippen LogP contribution < -0.4 is 24.4 Å². The van der Waals surface area contributed by atoms with Gasteiger partial charge in [0.15, 0.2) is 4.80 Å². The monoisotopic (exact) mass is 502 g/mol. The molecule has 0 spiro atoms. The number of aromatic nitrogens is 1. The van der Waals surface area contributed by atoms with Crippen molar-refractivity contribution in [2.75, 3.05) is 21.3 Å². The van der Waals surface area contributed by atoms with Gasteiger partial charge in [-0.2, -0.15) is 0 Å². The van der Waals surface area contributed by atoms with E-state index in [9.17, 15) is 9.59 Å². The van der Waals surface area contributed by atoms with Gasteiger partial charge in [-0.25, -0.2) is 9.79 Å². The third-order valence-corrected chi connectivity index (χ3v) is 7.45. The third-order valence-electron chi connectivity index (χ3n) is 6.47. The lowest BCUT2D eigenvalue weighted by Gasteiger charge is -2.31. The Labute approximate surface area is 212 Å². The molecule has 1 aliphatic heterocycles. The standard InChI is InChI=1S/C28H26N2O5S/c1-33-20-11-7-17(8-12-20)15-19-5-4-6-22-25(19)29-28-30(27(32)23(36-28)16-24(31)35-3)26(22)18-9-13-21(34-2)14-10-18/h7-16,26H,4-6H2,1-3H3/b19-15+,23-16-/t26-/m0/s1. The number of carbonyl (C=O) groups is 1. The summed E-state index contributed by atoms with van der Waals surface area (Å²) in [5.41, 5.74) is 4.93. The van der Waals surface area contributed by atoms with E-state index >= 15 is 0 Å². The molecule has 0 N–H and O–H groups in total. The first-order valence-corrected chi connectivity index (χ1v) is 12.5. The topological polar surface area (TPSA) is 79.1 Å². The molecule has 8 heteroatoms. The fourth-order valence-electron chi connectivity index (χ4n) is 4.71. The molecule has 0 unspecified atom stereocenters. The van der Waals surface area contributed by atoms with E-state index in [-0.39, 0.29) is 11.6 Å². The average molecular weight is 503 g/mol. The van der Waals surface area contributed by atoms with Crippen molar-refractivity contribution in [2.24, 2.45) is 4.99 Å². The zero-order chi connectivity index (χ0) is 25.2. The molecule has 7 nitrogen and oxygen atoms in total. The highest BCUT2D eigenvalue weighted by Gasteiger charge is 2.32. The molecule has 1 aliphatic carbocycles. The summed E-state index contributed by atoms with van der Waals surface area (Å²) >= 11 is 1.21. The van der Waals surface area contributed by atoms with E-state index in [1.54, 1.807) is 18.8 Å². The van der Waals surface area contributed by atoms with Gasteiger partial charge in [0.05, 0.1) is 33.1 Å². The van der Waals surface area contributed by atoms with Crippen molar-refractivity contribution in [1.29, 1.82) is 0 Å². The zero-order valence-corrected chi connectivity index (χ0v) is 21.1. The number of benzene rings is 2. The van der Waals surface area contributed by atoms with Crippen LogP contribution in [-0.2, 0) is 9.53 Å². The maximum absolute atomic E-state index is 13.5. The van der Waals surface area contributed by atoms with Crippen molar-refractivity contribution in [1.82, 2.24) is 4.57 Å². The maximum atomic E-state index is 13.5. The fourth-order valence-corrected chi connectivity index (χ4v) is 5.67. The first-order valence-electron chi connectivity index (χ1n) is 11.6. The van der Waals surface area contributed by atoms with Crippen molar-refractivity contribution in [3.8, 4) is 11.5 Å². The van der Waals surface area contributed by atoms with Crippen LogP contribution in [0.4, 0.5) is 0 Å². The summed E-state index contributed by atoms with van der Waals surface area (Å²) in [6, 6.07) is 15.4. The highest BCUT2D eigenvalue weighted by atomic mass is 32.1. The minimum Gasteiger partial charge on any atom is -0.497 e. The second-order valence-corrected chi connectivity index (χ2v) is 9.56. The summed E-state index contributed by atoms with van der Waals surface area (Å²) in [4.78, 5) is 30.9. The highest BCUT2D eigenvalue weighted by molar-refractivity contribution is 7.07. The van der Waals surface area contributed by atoms with Crippen molar-refractivity contribution < 1.29 is 19.0 Å².